The molecule has 3 rings (SSSR count). The van der Waals surface area contributed by atoms with Gasteiger partial charge in [-0.3, -0.25) is 9.20 Å². The Hall–Kier alpha value is -2.33. The third-order valence-electron chi connectivity index (χ3n) is 3.39. The van der Waals surface area contributed by atoms with Gasteiger partial charge in [0.2, 0.25) is 0 Å². The maximum Gasteiger partial charge on any atom is 0.170 e. The van der Waals surface area contributed by atoms with Gasteiger partial charge in [0, 0.05) is 24.8 Å². The smallest absolute Gasteiger partial charge is 0.170 e. The third kappa shape index (κ3) is 2.50. The predicted octanol–water partition coefficient (Wildman–Crippen LogP) is 3.44. The molecule has 0 amide bonds. The summed E-state index contributed by atoms with van der Waals surface area (Å²) in [6.45, 7) is 0.588. The largest absolute Gasteiger partial charge is 0.353 e. The molecule has 0 aliphatic rings. The van der Waals surface area contributed by atoms with Crippen molar-refractivity contribution in [3.8, 4) is 0 Å². The van der Waals surface area contributed by atoms with Crippen molar-refractivity contribution in [3.63, 3.8) is 0 Å². The number of benzene rings is 1. The zero-order chi connectivity index (χ0) is 14.8. The van der Waals surface area contributed by atoms with Crippen LogP contribution < -0.4 is 4.90 Å². The van der Waals surface area contributed by atoms with E-state index < -0.39 is 0 Å². The van der Waals surface area contributed by atoms with E-state index >= 15 is 0 Å². The number of aldehydes is 1. The molecule has 21 heavy (non-hydrogen) atoms. The van der Waals surface area contributed by atoms with Crippen LogP contribution in [0.4, 0.5) is 5.82 Å². The van der Waals surface area contributed by atoms with Crippen molar-refractivity contribution in [1.29, 1.82) is 0 Å². The highest BCUT2D eigenvalue weighted by molar-refractivity contribution is 6.31. The Morgan fingerprint density at radius 1 is 1.24 bits per heavy atom. The fraction of sp³-hybridized carbons (Fsp3) is 0.125. The molecule has 4 nitrogen and oxygen atoms in total. The van der Waals surface area contributed by atoms with E-state index in [9.17, 15) is 4.79 Å². The molecule has 0 fully saturated rings. The molecule has 0 aliphatic carbocycles. The summed E-state index contributed by atoms with van der Waals surface area (Å²) in [5.41, 5.74) is 2.29. The van der Waals surface area contributed by atoms with Gasteiger partial charge in [-0.2, -0.15) is 0 Å². The van der Waals surface area contributed by atoms with Gasteiger partial charge < -0.3 is 4.90 Å². The maximum atomic E-state index is 11.4. The molecule has 3 aromatic rings. The predicted molar refractivity (Wildman–Crippen MR) is 84.1 cm³/mol. The van der Waals surface area contributed by atoms with Gasteiger partial charge in [0.1, 0.15) is 11.3 Å². The Balaban J connectivity index is 2.00. The van der Waals surface area contributed by atoms with E-state index in [1.807, 2.05) is 60.6 Å². The van der Waals surface area contributed by atoms with Crippen molar-refractivity contribution >= 4 is 29.4 Å². The highest BCUT2D eigenvalue weighted by atomic mass is 35.5. The summed E-state index contributed by atoms with van der Waals surface area (Å²) in [6, 6.07) is 13.3. The highest BCUT2D eigenvalue weighted by Crippen LogP contribution is 2.23. The minimum absolute atomic E-state index is 0.542. The van der Waals surface area contributed by atoms with Gasteiger partial charge in [0.25, 0.3) is 0 Å². The SMILES string of the molecule is CN(Cc1ccccc1Cl)c1nc2ccccn2c1C=O. The quantitative estimate of drug-likeness (QED) is 0.693. The van der Waals surface area contributed by atoms with Gasteiger partial charge in [-0.1, -0.05) is 35.9 Å². The lowest BCUT2D eigenvalue weighted by atomic mass is 10.2. The van der Waals surface area contributed by atoms with Gasteiger partial charge in [-0.25, -0.2) is 4.98 Å². The molecule has 2 aromatic heterocycles. The zero-order valence-corrected chi connectivity index (χ0v) is 12.3. The number of fused-ring (bicyclic) bond motifs is 1. The number of hydrogen-bond donors (Lipinski definition) is 0. The van der Waals surface area contributed by atoms with Gasteiger partial charge in [-0.05, 0) is 23.8 Å². The lowest BCUT2D eigenvalue weighted by Gasteiger charge is -2.17. The fourth-order valence-electron chi connectivity index (χ4n) is 2.35. The normalized spacial score (nSPS) is 10.8. The zero-order valence-electron chi connectivity index (χ0n) is 11.5. The van der Waals surface area contributed by atoms with E-state index in [1.165, 1.54) is 0 Å². The third-order valence-corrected chi connectivity index (χ3v) is 3.75. The number of imidazole rings is 1. The first-order valence-corrected chi connectivity index (χ1v) is 6.95. The number of pyridine rings is 1. The Bertz CT molecular complexity index is 797. The Kier molecular flexibility index (Phi) is 3.62. The standard InChI is InChI=1S/C16H14ClN3O/c1-19(10-12-6-2-3-7-13(12)17)16-14(11-21)20-9-5-4-8-15(20)18-16/h2-9,11H,10H2,1H3. The minimum Gasteiger partial charge on any atom is -0.353 e. The van der Waals surface area contributed by atoms with Crippen LogP contribution in [0.25, 0.3) is 5.65 Å². The molecule has 0 unspecified atom stereocenters. The molecular formula is C16H14ClN3O. The minimum atomic E-state index is 0.542. The number of rotatable bonds is 4. The van der Waals surface area contributed by atoms with Crippen molar-refractivity contribution in [2.75, 3.05) is 11.9 Å². The van der Waals surface area contributed by atoms with Crippen molar-refractivity contribution < 1.29 is 4.79 Å². The van der Waals surface area contributed by atoms with E-state index in [2.05, 4.69) is 4.98 Å². The van der Waals surface area contributed by atoms with Crippen LogP contribution in [0.1, 0.15) is 16.1 Å². The second kappa shape index (κ2) is 5.58. The summed E-state index contributed by atoms with van der Waals surface area (Å²) in [4.78, 5) is 17.9. The van der Waals surface area contributed by atoms with E-state index in [0.717, 1.165) is 17.5 Å². The van der Waals surface area contributed by atoms with Crippen molar-refractivity contribution in [2.24, 2.45) is 0 Å². The van der Waals surface area contributed by atoms with Crippen molar-refractivity contribution in [3.05, 3.63) is 64.9 Å². The molecule has 1 aromatic carbocycles. The topological polar surface area (TPSA) is 37.6 Å². The van der Waals surface area contributed by atoms with Crippen LogP contribution in [-0.2, 0) is 6.54 Å². The summed E-state index contributed by atoms with van der Waals surface area (Å²) in [5.74, 6) is 0.649. The van der Waals surface area contributed by atoms with Gasteiger partial charge >= 0.3 is 0 Å². The van der Waals surface area contributed by atoms with Crippen LogP contribution in [0.2, 0.25) is 5.02 Å². The summed E-state index contributed by atoms with van der Waals surface area (Å²) >= 11 is 6.19. The molecule has 0 spiro atoms. The lowest BCUT2D eigenvalue weighted by molar-refractivity contribution is 0.111. The molecule has 0 saturated carbocycles. The molecule has 2 heterocycles. The molecule has 106 valence electrons. The van der Waals surface area contributed by atoms with Crippen LogP contribution in [0.5, 0.6) is 0 Å². The van der Waals surface area contributed by atoms with Crippen LogP contribution in [0.3, 0.4) is 0 Å². The van der Waals surface area contributed by atoms with Crippen LogP contribution in [0, 0.1) is 0 Å². The van der Waals surface area contributed by atoms with Crippen LogP contribution >= 0.6 is 11.6 Å². The summed E-state index contributed by atoms with van der Waals surface area (Å²) < 4.78 is 1.78. The Morgan fingerprint density at radius 2 is 2.00 bits per heavy atom. The number of carbonyl (C=O) groups is 1. The maximum absolute atomic E-state index is 11.4. The first-order chi connectivity index (χ1) is 10.2. The average molecular weight is 300 g/mol. The van der Waals surface area contributed by atoms with Crippen molar-refractivity contribution in [2.45, 2.75) is 6.54 Å². The average Bonchev–Trinajstić information content (AvgIpc) is 2.88. The van der Waals surface area contributed by atoms with Crippen LogP contribution in [-0.4, -0.2) is 22.7 Å². The molecule has 0 bridgehead atoms. The number of aromatic nitrogens is 2. The number of anilines is 1. The Morgan fingerprint density at radius 3 is 2.76 bits per heavy atom. The monoisotopic (exact) mass is 299 g/mol. The molecule has 0 radical (unpaired) electrons. The summed E-state index contributed by atoms with van der Waals surface area (Å²) in [5, 5.41) is 0.709. The van der Waals surface area contributed by atoms with E-state index in [-0.39, 0.29) is 0 Å². The van der Waals surface area contributed by atoms with Gasteiger partial charge in [0.05, 0.1) is 0 Å². The Labute approximate surface area is 127 Å². The lowest BCUT2D eigenvalue weighted by Crippen LogP contribution is -2.18. The van der Waals surface area contributed by atoms with Gasteiger partial charge in [-0.15, -0.1) is 0 Å². The molecule has 0 aliphatic heterocycles. The summed E-state index contributed by atoms with van der Waals surface area (Å²) in [7, 11) is 1.90. The number of hydrogen-bond acceptors (Lipinski definition) is 3. The summed E-state index contributed by atoms with van der Waals surface area (Å²) in [6.07, 6.45) is 2.66. The molecule has 5 heteroatoms. The van der Waals surface area contributed by atoms with Gasteiger partial charge in [0.15, 0.2) is 12.1 Å². The fourth-order valence-corrected chi connectivity index (χ4v) is 2.55. The molecule has 0 saturated heterocycles. The number of halogens is 1. The second-order valence-electron chi connectivity index (χ2n) is 4.81. The highest BCUT2D eigenvalue weighted by Gasteiger charge is 2.15. The molecular weight excluding hydrogens is 286 g/mol. The molecule has 0 atom stereocenters. The van der Waals surface area contributed by atoms with E-state index in [4.69, 9.17) is 11.6 Å². The van der Waals surface area contributed by atoms with Crippen molar-refractivity contribution in [1.82, 2.24) is 9.38 Å². The second-order valence-corrected chi connectivity index (χ2v) is 5.22. The molecule has 0 N–H and O–H groups in total. The first kappa shape index (κ1) is 13.6. The van der Waals surface area contributed by atoms with Crippen LogP contribution in [0.15, 0.2) is 48.7 Å². The number of carbonyl (C=O) groups excluding carboxylic acids is 1. The van der Waals surface area contributed by atoms with E-state index in [1.54, 1.807) is 4.40 Å². The van der Waals surface area contributed by atoms with E-state index in [0.29, 0.717) is 23.1 Å². The number of nitrogens with zero attached hydrogens (tertiary/aromatic N) is 3. The first-order valence-electron chi connectivity index (χ1n) is 6.57.